The molecule has 4 heteroatoms. The van der Waals surface area contributed by atoms with Gasteiger partial charge in [-0.2, -0.15) is 0 Å². The van der Waals surface area contributed by atoms with E-state index in [4.69, 9.17) is 10.8 Å². The largest absolute Gasteiger partial charge is 0.384 e. The summed E-state index contributed by atoms with van der Waals surface area (Å²) in [5, 5.41) is 11.2. The maximum atomic E-state index is 10.7. The number of rotatable bonds is 3. The molecular weight excluding hydrogens is 132 g/mol. The Bertz CT molecular complexity index is 114. The van der Waals surface area contributed by atoms with Crippen LogP contribution >= 0.6 is 0 Å². The van der Waals surface area contributed by atoms with Crippen LogP contribution in [0.15, 0.2) is 0 Å². The van der Waals surface area contributed by atoms with Crippen molar-refractivity contribution in [2.24, 2.45) is 5.73 Å². The highest BCUT2D eigenvalue weighted by molar-refractivity contribution is 5.80. The van der Waals surface area contributed by atoms with Crippen LogP contribution in [0.2, 0.25) is 0 Å². The number of hydrogen-bond acceptors (Lipinski definition) is 3. The maximum absolute atomic E-state index is 10.7. The van der Waals surface area contributed by atoms with Crippen LogP contribution in [0.3, 0.4) is 0 Å². The van der Waals surface area contributed by atoms with Gasteiger partial charge in [-0.1, -0.05) is 0 Å². The monoisotopic (exact) mass is 146 g/mol. The fourth-order valence-corrected chi connectivity index (χ4v) is 0.422. The topological polar surface area (TPSA) is 75.3 Å². The Labute approximate surface area is 60.4 Å². The summed E-state index contributed by atoms with van der Waals surface area (Å²) >= 11 is 0. The molecule has 4 N–H and O–H groups in total. The van der Waals surface area contributed by atoms with E-state index in [2.05, 4.69) is 5.32 Å². The van der Waals surface area contributed by atoms with Crippen LogP contribution in [0.4, 0.5) is 0 Å². The third-order valence-corrected chi connectivity index (χ3v) is 1.12. The van der Waals surface area contributed by atoms with Crippen molar-refractivity contribution in [3.05, 3.63) is 0 Å². The first-order valence-electron chi connectivity index (χ1n) is 3.26. The third kappa shape index (κ3) is 3.42. The van der Waals surface area contributed by atoms with Crippen molar-refractivity contribution in [2.75, 3.05) is 6.54 Å². The van der Waals surface area contributed by atoms with Crippen molar-refractivity contribution in [3.8, 4) is 0 Å². The van der Waals surface area contributed by atoms with Gasteiger partial charge in [0.15, 0.2) is 0 Å². The normalized spacial score (nSPS) is 16.0. The minimum absolute atomic E-state index is 0.0675. The van der Waals surface area contributed by atoms with Gasteiger partial charge in [0.05, 0.1) is 0 Å². The second-order valence-electron chi connectivity index (χ2n) is 2.32. The summed E-state index contributed by atoms with van der Waals surface area (Å²) in [6.07, 6.45) is -0.950. The molecule has 10 heavy (non-hydrogen) atoms. The number of carbonyl (C=O) groups is 1. The van der Waals surface area contributed by atoms with Gasteiger partial charge in [-0.25, -0.2) is 0 Å². The van der Waals surface area contributed by atoms with E-state index in [-0.39, 0.29) is 11.9 Å². The molecule has 0 fully saturated rings. The van der Waals surface area contributed by atoms with Crippen LogP contribution in [-0.2, 0) is 4.79 Å². The average molecular weight is 146 g/mol. The molecule has 4 nitrogen and oxygen atoms in total. The molecule has 0 aromatic carbocycles. The Balaban J connectivity index is 3.57. The predicted molar refractivity (Wildman–Crippen MR) is 38.3 cm³/mol. The molecule has 0 unspecified atom stereocenters. The number of carbonyl (C=O) groups excluding carboxylic acids is 1. The molecule has 0 rings (SSSR count). The summed E-state index contributed by atoms with van der Waals surface area (Å²) < 4.78 is 0. The molecular formula is C6H14N2O2. The lowest BCUT2D eigenvalue weighted by atomic mass is 10.3. The van der Waals surface area contributed by atoms with E-state index in [0.717, 1.165) is 0 Å². The lowest BCUT2D eigenvalue weighted by Crippen LogP contribution is -2.42. The van der Waals surface area contributed by atoms with Crippen LogP contribution in [0.1, 0.15) is 13.8 Å². The first-order valence-corrected chi connectivity index (χ1v) is 3.26. The average Bonchev–Trinajstić information content (AvgIpc) is 1.87. The van der Waals surface area contributed by atoms with Gasteiger partial charge in [0.2, 0.25) is 5.91 Å². The molecule has 0 aliphatic heterocycles. The van der Waals surface area contributed by atoms with Gasteiger partial charge in [0.1, 0.15) is 6.10 Å². The molecule has 0 aromatic heterocycles. The summed E-state index contributed by atoms with van der Waals surface area (Å²) in [6.45, 7) is 3.58. The molecule has 0 radical (unpaired) electrons. The molecule has 1 amide bonds. The lowest BCUT2D eigenvalue weighted by Gasteiger charge is -2.11. The third-order valence-electron chi connectivity index (χ3n) is 1.12. The van der Waals surface area contributed by atoms with E-state index in [1.807, 2.05) is 0 Å². The molecule has 2 atom stereocenters. The highest BCUT2D eigenvalue weighted by Gasteiger charge is 2.09. The Hall–Kier alpha value is -0.610. The molecule has 0 saturated carbocycles. The van der Waals surface area contributed by atoms with E-state index in [0.29, 0.717) is 6.54 Å². The van der Waals surface area contributed by atoms with Gasteiger partial charge in [-0.05, 0) is 13.8 Å². The molecule has 60 valence electrons. The minimum Gasteiger partial charge on any atom is -0.384 e. The van der Waals surface area contributed by atoms with Gasteiger partial charge >= 0.3 is 0 Å². The van der Waals surface area contributed by atoms with Gasteiger partial charge in [0, 0.05) is 12.6 Å². The number of nitrogens with one attached hydrogen (secondary N) is 1. The summed E-state index contributed by atoms with van der Waals surface area (Å²) in [5.74, 6) is -0.377. The van der Waals surface area contributed by atoms with E-state index in [9.17, 15) is 4.79 Å². The van der Waals surface area contributed by atoms with Crippen LogP contribution in [0.25, 0.3) is 0 Å². The zero-order chi connectivity index (χ0) is 8.15. The van der Waals surface area contributed by atoms with Crippen LogP contribution in [-0.4, -0.2) is 29.7 Å². The van der Waals surface area contributed by atoms with Gasteiger partial charge < -0.3 is 16.2 Å². The van der Waals surface area contributed by atoms with Crippen LogP contribution < -0.4 is 11.1 Å². The van der Waals surface area contributed by atoms with Crippen molar-refractivity contribution in [1.29, 1.82) is 0 Å². The van der Waals surface area contributed by atoms with E-state index >= 15 is 0 Å². The van der Waals surface area contributed by atoms with Gasteiger partial charge in [-0.15, -0.1) is 0 Å². The fourth-order valence-electron chi connectivity index (χ4n) is 0.422. The smallest absolute Gasteiger partial charge is 0.248 e. The number of amides is 1. The van der Waals surface area contributed by atoms with E-state index < -0.39 is 6.10 Å². The SMILES string of the molecule is C[C@@H](CN)NC(=O)[C@@H](C)O. The first-order chi connectivity index (χ1) is 4.57. The van der Waals surface area contributed by atoms with Crippen molar-refractivity contribution in [2.45, 2.75) is 26.0 Å². The van der Waals surface area contributed by atoms with Crippen LogP contribution in [0, 0.1) is 0 Å². The quantitative estimate of drug-likeness (QED) is 0.469. The summed E-state index contributed by atoms with van der Waals surface area (Å²) in [5.41, 5.74) is 5.22. The highest BCUT2D eigenvalue weighted by Crippen LogP contribution is 1.82. The zero-order valence-electron chi connectivity index (χ0n) is 6.29. The fraction of sp³-hybridized carbons (Fsp3) is 0.833. The molecule has 0 aliphatic carbocycles. The van der Waals surface area contributed by atoms with Gasteiger partial charge in [0.25, 0.3) is 0 Å². The number of hydrogen-bond donors (Lipinski definition) is 3. The number of nitrogens with two attached hydrogens (primary N) is 1. The van der Waals surface area contributed by atoms with Crippen LogP contribution in [0.5, 0.6) is 0 Å². The Morgan fingerprint density at radius 3 is 2.50 bits per heavy atom. The van der Waals surface area contributed by atoms with Crippen molar-refractivity contribution in [1.82, 2.24) is 5.32 Å². The lowest BCUT2D eigenvalue weighted by molar-refractivity contribution is -0.129. The standard InChI is InChI=1S/C6H14N2O2/c1-4(3-7)8-6(10)5(2)9/h4-5,9H,3,7H2,1-2H3,(H,8,10)/t4-,5+/m0/s1. The van der Waals surface area contributed by atoms with Crippen molar-refractivity contribution in [3.63, 3.8) is 0 Å². The number of aliphatic hydroxyl groups is 1. The molecule has 0 aliphatic rings. The highest BCUT2D eigenvalue weighted by atomic mass is 16.3. The minimum atomic E-state index is -0.950. The summed E-state index contributed by atoms with van der Waals surface area (Å²) in [7, 11) is 0. The Kier molecular flexibility index (Phi) is 3.99. The van der Waals surface area contributed by atoms with Crippen molar-refractivity contribution < 1.29 is 9.90 Å². The van der Waals surface area contributed by atoms with E-state index in [1.165, 1.54) is 6.92 Å². The second-order valence-corrected chi connectivity index (χ2v) is 2.32. The molecule has 0 aromatic rings. The molecule has 0 saturated heterocycles. The molecule has 0 bridgehead atoms. The zero-order valence-corrected chi connectivity index (χ0v) is 6.29. The summed E-state index contributed by atoms with van der Waals surface area (Å²) in [6, 6.07) is -0.0675. The first kappa shape index (κ1) is 9.39. The van der Waals surface area contributed by atoms with Gasteiger partial charge in [-0.3, -0.25) is 4.79 Å². The Morgan fingerprint density at radius 2 is 2.20 bits per heavy atom. The number of aliphatic hydroxyl groups excluding tert-OH is 1. The Morgan fingerprint density at radius 1 is 1.70 bits per heavy atom. The summed E-state index contributed by atoms with van der Waals surface area (Å²) in [4.78, 5) is 10.7. The molecule has 0 heterocycles. The maximum Gasteiger partial charge on any atom is 0.248 e. The van der Waals surface area contributed by atoms with E-state index in [1.54, 1.807) is 6.92 Å². The second kappa shape index (κ2) is 4.24. The predicted octanol–water partition coefficient (Wildman–Crippen LogP) is -1.17. The molecule has 0 spiro atoms. The van der Waals surface area contributed by atoms with Crippen molar-refractivity contribution >= 4 is 5.91 Å².